The fourth-order valence-corrected chi connectivity index (χ4v) is 7.38. The Morgan fingerprint density at radius 1 is 0.921 bits per heavy atom. The van der Waals surface area contributed by atoms with E-state index in [9.17, 15) is 23.0 Å². The van der Waals surface area contributed by atoms with Crippen LogP contribution in [0.4, 0.5) is 10.1 Å². The zero-order valence-electron chi connectivity index (χ0n) is 21.3. The van der Waals surface area contributed by atoms with E-state index in [4.69, 9.17) is 9.47 Å². The van der Waals surface area contributed by atoms with E-state index in [-0.39, 0.29) is 24.5 Å². The molecule has 9 heteroatoms. The lowest BCUT2D eigenvalue weighted by Gasteiger charge is -2.34. The lowest BCUT2D eigenvalue weighted by Crippen LogP contribution is -2.47. The maximum atomic E-state index is 15.0. The average Bonchev–Trinajstić information content (AvgIpc) is 3.48. The molecule has 38 heavy (non-hydrogen) atoms. The molecule has 0 amide bonds. The normalized spacial score (nSPS) is 21.1. The van der Waals surface area contributed by atoms with E-state index < -0.39 is 33.1 Å². The van der Waals surface area contributed by atoms with Crippen molar-refractivity contribution >= 4 is 26.9 Å². The van der Waals surface area contributed by atoms with Gasteiger partial charge in [-0.3, -0.25) is 4.31 Å². The number of fused-ring (bicyclic) bond motifs is 2. The molecule has 2 heterocycles. The third kappa shape index (κ3) is 4.83. The number of aromatic hydroxyl groups is 2. The predicted molar refractivity (Wildman–Crippen MR) is 145 cm³/mol. The summed E-state index contributed by atoms with van der Waals surface area (Å²) in [4.78, 5) is 0. The number of phenols is 2. The Morgan fingerprint density at radius 2 is 1.45 bits per heavy atom. The van der Waals surface area contributed by atoms with Gasteiger partial charge in [-0.15, -0.1) is 0 Å². The van der Waals surface area contributed by atoms with E-state index >= 15 is 0 Å². The maximum Gasteiger partial charge on any atom is 0.241 e. The number of alkyl halides is 1. The number of benzene rings is 3. The van der Waals surface area contributed by atoms with Crippen molar-refractivity contribution < 1.29 is 32.5 Å². The van der Waals surface area contributed by atoms with Crippen LogP contribution in [-0.2, 0) is 14.8 Å². The molecular weight excluding hydrogens is 509 g/mol. The Hall–Kier alpha value is -3.56. The summed E-state index contributed by atoms with van der Waals surface area (Å²) in [7, 11) is -2.58. The fourth-order valence-electron chi connectivity index (χ4n) is 5.22. The van der Waals surface area contributed by atoms with Crippen LogP contribution in [0.25, 0.3) is 11.1 Å². The summed E-state index contributed by atoms with van der Waals surface area (Å²) in [5.74, 6) is 0.767. The van der Waals surface area contributed by atoms with Crippen molar-refractivity contribution in [3.05, 3.63) is 83.9 Å². The number of nitrogens with zero attached hydrogens (tertiary/aromatic N) is 1. The predicted octanol–water partition coefficient (Wildman–Crippen LogP) is 5.14. The van der Waals surface area contributed by atoms with Gasteiger partial charge in [-0.1, -0.05) is 24.3 Å². The Morgan fingerprint density at radius 3 is 1.95 bits per heavy atom. The van der Waals surface area contributed by atoms with Crippen molar-refractivity contribution in [1.29, 1.82) is 0 Å². The molecule has 0 aliphatic carbocycles. The van der Waals surface area contributed by atoms with Gasteiger partial charge < -0.3 is 19.7 Å². The molecule has 5 rings (SSSR count). The van der Waals surface area contributed by atoms with Crippen molar-refractivity contribution in [3.63, 3.8) is 0 Å². The SMILES string of the molecule is COc1ccc(N(CC(C)(C)F)S(=O)(=O)C2CC3OC2C(c2ccc(O)cc2)=C3c2ccc(O)cc2)cc1. The molecule has 1 saturated heterocycles. The second-order valence-electron chi connectivity index (χ2n) is 10.2. The fraction of sp³-hybridized carbons (Fsp3) is 0.310. The Bertz CT molecular complexity index is 1440. The smallest absolute Gasteiger partial charge is 0.241 e. The molecule has 3 unspecified atom stereocenters. The molecule has 2 aliphatic rings. The highest BCUT2D eigenvalue weighted by atomic mass is 32.2. The topological polar surface area (TPSA) is 96.3 Å². The van der Waals surface area contributed by atoms with Gasteiger partial charge in [-0.2, -0.15) is 0 Å². The second kappa shape index (κ2) is 9.63. The summed E-state index contributed by atoms with van der Waals surface area (Å²) in [6.07, 6.45) is -1.12. The highest BCUT2D eigenvalue weighted by molar-refractivity contribution is 7.93. The molecule has 0 radical (unpaired) electrons. The maximum absolute atomic E-state index is 15.0. The lowest BCUT2D eigenvalue weighted by molar-refractivity contribution is 0.128. The molecule has 1 fully saturated rings. The molecule has 2 aliphatic heterocycles. The first-order valence-corrected chi connectivity index (χ1v) is 13.8. The van der Waals surface area contributed by atoms with Crippen molar-refractivity contribution in [2.75, 3.05) is 18.0 Å². The summed E-state index contributed by atoms with van der Waals surface area (Å²) in [5.41, 5.74) is 1.63. The van der Waals surface area contributed by atoms with E-state index in [0.717, 1.165) is 21.0 Å². The number of ether oxygens (including phenoxy) is 2. The van der Waals surface area contributed by atoms with Gasteiger partial charge in [0.05, 0.1) is 25.4 Å². The van der Waals surface area contributed by atoms with Crippen LogP contribution in [-0.4, -0.2) is 55.4 Å². The minimum atomic E-state index is -4.09. The quantitative estimate of drug-likeness (QED) is 0.412. The second-order valence-corrected chi connectivity index (χ2v) is 12.3. The molecule has 3 atom stereocenters. The molecule has 2 N–H and O–H groups in total. The Balaban J connectivity index is 1.60. The van der Waals surface area contributed by atoms with E-state index in [1.54, 1.807) is 72.8 Å². The monoisotopic (exact) mass is 539 g/mol. The van der Waals surface area contributed by atoms with Crippen LogP contribution in [0.5, 0.6) is 17.2 Å². The van der Waals surface area contributed by atoms with Crippen molar-refractivity contribution in [1.82, 2.24) is 0 Å². The molecule has 7 nitrogen and oxygen atoms in total. The van der Waals surface area contributed by atoms with Gasteiger partial charge in [0.15, 0.2) is 0 Å². The van der Waals surface area contributed by atoms with Gasteiger partial charge in [-0.05, 0) is 91.1 Å². The van der Waals surface area contributed by atoms with Crippen LogP contribution in [0.2, 0.25) is 0 Å². The van der Waals surface area contributed by atoms with Crippen LogP contribution < -0.4 is 9.04 Å². The molecule has 2 bridgehead atoms. The first-order valence-electron chi connectivity index (χ1n) is 12.3. The number of rotatable bonds is 8. The minimum Gasteiger partial charge on any atom is -0.508 e. The van der Waals surface area contributed by atoms with Gasteiger partial charge in [0.25, 0.3) is 0 Å². The zero-order chi connectivity index (χ0) is 27.2. The minimum absolute atomic E-state index is 0.0876. The summed E-state index contributed by atoms with van der Waals surface area (Å²) in [6.45, 7) is 2.33. The molecule has 200 valence electrons. The summed E-state index contributed by atoms with van der Waals surface area (Å²) >= 11 is 0. The van der Waals surface area contributed by atoms with E-state index in [1.807, 2.05) is 0 Å². The lowest BCUT2D eigenvalue weighted by atomic mass is 9.83. The van der Waals surface area contributed by atoms with E-state index in [1.165, 1.54) is 21.0 Å². The van der Waals surface area contributed by atoms with Crippen molar-refractivity contribution in [2.24, 2.45) is 0 Å². The van der Waals surface area contributed by atoms with Gasteiger partial charge in [-0.25, -0.2) is 12.8 Å². The van der Waals surface area contributed by atoms with E-state index in [2.05, 4.69) is 0 Å². The van der Waals surface area contributed by atoms with Crippen LogP contribution in [0.15, 0.2) is 72.8 Å². The zero-order valence-corrected chi connectivity index (χ0v) is 22.2. The summed E-state index contributed by atoms with van der Waals surface area (Å²) < 4.78 is 56.0. The molecule has 0 spiro atoms. The molecule has 3 aromatic rings. The van der Waals surface area contributed by atoms with Crippen molar-refractivity contribution in [3.8, 4) is 17.2 Å². The summed E-state index contributed by atoms with van der Waals surface area (Å²) in [5, 5.41) is 18.7. The van der Waals surface area contributed by atoms with Gasteiger partial charge >= 0.3 is 0 Å². The third-order valence-electron chi connectivity index (χ3n) is 6.92. The number of anilines is 1. The molecule has 3 aromatic carbocycles. The molecular formula is C29H30FNO6S. The Labute approximate surface area is 221 Å². The highest BCUT2D eigenvalue weighted by Crippen LogP contribution is 2.51. The first kappa shape index (κ1) is 26.1. The number of methoxy groups -OCH3 is 1. The Kier molecular flexibility index (Phi) is 6.61. The molecule has 0 saturated carbocycles. The van der Waals surface area contributed by atoms with Gasteiger partial charge in [0.2, 0.25) is 10.0 Å². The van der Waals surface area contributed by atoms with Crippen LogP contribution in [0, 0.1) is 0 Å². The number of sulfonamides is 1. The number of phenolic OH excluding ortho intramolecular Hbond substituents is 2. The van der Waals surface area contributed by atoms with Crippen LogP contribution >= 0.6 is 0 Å². The molecule has 0 aromatic heterocycles. The standard InChI is InChI=1S/C29H30FNO6S/c1-29(2,30)17-31(20-8-14-23(36-3)15-9-20)38(34,35)25-16-24-26(18-4-10-21(32)11-5-18)27(28(25)37-24)19-6-12-22(33)13-7-19/h4-15,24-25,28,32-33H,16-17H2,1-3H3. The van der Waals surface area contributed by atoms with Gasteiger partial charge in [0, 0.05) is 0 Å². The first-order chi connectivity index (χ1) is 18.0. The number of hydrogen-bond acceptors (Lipinski definition) is 6. The van der Waals surface area contributed by atoms with Crippen LogP contribution in [0.3, 0.4) is 0 Å². The number of hydrogen-bond donors (Lipinski definition) is 2. The average molecular weight is 540 g/mol. The number of halogens is 1. The van der Waals surface area contributed by atoms with Crippen LogP contribution in [0.1, 0.15) is 31.4 Å². The summed E-state index contributed by atoms with van der Waals surface area (Å²) in [6, 6.07) is 19.7. The highest BCUT2D eigenvalue weighted by Gasteiger charge is 2.54. The third-order valence-corrected chi connectivity index (χ3v) is 9.08. The van der Waals surface area contributed by atoms with Crippen molar-refractivity contribution in [2.45, 2.75) is 43.4 Å². The van der Waals surface area contributed by atoms with E-state index in [0.29, 0.717) is 17.0 Å². The largest absolute Gasteiger partial charge is 0.508 e. The van der Waals surface area contributed by atoms with Gasteiger partial charge in [0.1, 0.15) is 34.3 Å².